The highest BCUT2D eigenvalue weighted by molar-refractivity contribution is 5.04. The lowest BCUT2D eigenvalue weighted by molar-refractivity contribution is 0.147. The lowest BCUT2D eigenvalue weighted by atomic mass is 9.74. The lowest BCUT2D eigenvalue weighted by Gasteiger charge is -2.38. The summed E-state index contributed by atoms with van der Waals surface area (Å²) in [5, 5.41) is 0. The van der Waals surface area contributed by atoms with Crippen molar-refractivity contribution < 1.29 is 4.42 Å². The first-order valence-corrected chi connectivity index (χ1v) is 7.51. The van der Waals surface area contributed by atoms with Gasteiger partial charge in [0.15, 0.2) is 0 Å². The molecule has 2 N–H and O–H groups in total. The SMILES string of the molecule is CC(C)C1CCC(N)C(CN(C)Cc2ccoc2)C1. The Labute approximate surface area is 117 Å². The number of rotatable bonds is 5. The molecule has 3 atom stereocenters. The van der Waals surface area contributed by atoms with Crippen molar-refractivity contribution in [3.8, 4) is 0 Å². The van der Waals surface area contributed by atoms with E-state index in [0.29, 0.717) is 12.0 Å². The Morgan fingerprint density at radius 2 is 2.21 bits per heavy atom. The molecule has 1 heterocycles. The van der Waals surface area contributed by atoms with E-state index in [4.69, 9.17) is 10.2 Å². The molecule has 1 aliphatic carbocycles. The molecule has 19 heavy (non-hydrogen) atoms. The van der Waals surface area contributed by atoms with Gasteiger partial charge in [0.1, 0.15) is 0 Å². The van der Waals surface area contributed by atoms with Crippen molar-refractivity contribution in [3.63, 3.8) is 0 Å². The summed E-state index contributed by atoms with van der Waals surface area (Å²) in [5.74, 6) is 2.28. The summed E-state index contributed by atoms with van der Waals surface area (Å²) in [5.41, 5.74) is 7.56. The van der Waals surface area contributed by atoms with E-state index >= 15 is 0 Å². The van der Waals surface area contributed by atoms with Gasteiger partial charge in [-0.1, -0.05) is 13.8 Å². The number of hydrogen-bond acceptors (Lipinski definition) is 3. The van der Waals surface area contributed by atoms with Gasteiger partial charge in [0, 0.05) is 24.7 Å². The van der Waals surface area contributed by atoms with Crippen LogP contribution in [0.1, 0.15) is 38.7 Å². The molecule has 0 aliphatic heterocycles. The molecule has 3 unspecified atom stereocenters. The molecule has 1 aliphatic rings. The van der Waals surface area contributed by atoms with Gasteiger partial charge in [-0.2, -0.15) is 0 Å². The maximum Gasteiger partial charge on any atom is 0.0947 e. The van der Waals surface area contributed by atoms with Crippen LogP contribution in [0, 0.1) is 17.8 Å². The summed E-state index contributed by atoms with van der Waals surface area (Å²) in [6, 6.07) is 2.41. The van der Waals surface area contributed by atoms with Crippen molar-refractivity contribution in [1.29, 1.82) is 0 Å². The Morgan fingerprint density at radius 1 is 1.42 bits per heavy atom. The smallest absolute Gasteiger partial charge is 0.0947 e. The monoisotopic (exact) mass is 264 g/mol. The summed E-state index contributed by atoms with van der Waals surface area (Å²) in [6.07, 6.45) is 7.35. The van der Waals surface area contributed by atoms with Crippen LogP contribution in [0.15, 0.2) is 23.0 Å². The van der Waals surface area contributed by atoms with Crippen molar-refractivity contribution in [2.45, 2.75) is 45.7 Å². The second-order valence-electron chi connectivity index (χ2n) is 6.57. The standard InChI is InChI=1S/C16H28N2O/c1-12(2)14-4-5-16(17)15(8-14)10-18(3)9-13-6-7-19-11-13/h6-7,11-12,14-16H,4-5,8-10,17H2,1-3H3. The van der Waals surface area contributed by atoms with Gasteiger partial charge < -0.3 is 15.1 Å². The quantitative estimate of drug-likeness (QED) is 0.888. The Bertz CT molecular complexity index is 361. The third-order valence-electron chi connectivity index (χ3n) is 4.60. The van der Waals surface area contributed by atoms with Crippen molar-refractivity contribution in [2.75, 3.05) is 13.6 Å². The number of furan rings is 1. The van der Waals surface area contributed by atoms with Gasteiger partial charge in [-0.25, -0.2) is 0 Å². The van der Waals surface area contributed by atoms with Crippen LogP contribution in [0.4, 0.5) is 0 Å². The molecule has 1 fully saturated rings. The summed E-state index contributed by atoms with van der Waals surface area (Å²) in [6.45, 7) is 6.73. The maximum absolute atomic E-state index is 6.32. The van der Waals surface area contributed by atoms with Crippen LogP contribution in [0.2, 0.25) is 0 Å². The molecule has 0 aromatic carbocycles. The van der Waals surface area contributed by atoms with E-state index in [2.05, 4.69) is 25.8 Å². The van der Waals surface area contributed by atoms with Crippen molar-refractivity contribution >= 4 is 0 Å². The normalized spacial score (nSPS) is 28.2. The minimum atomic E-state index is 0.377. The van der Waals surface area contributed by atoms with Gasteiger partial charge in [0.05, 0.1) is 12.5 Å². The highest BCUT2D eigenvalue weighted by Gasteiger charge is 2.30. The molecule has 0 bridgehead atoms. The van der Waals surface area contributed by atoms with E-state index in [0.717, 1.165) is 24.9 Å². The largest absolute Gasteiger partial charge is 0.472 e. The minimum absolute atomic E-state index is 0.377. The topological polar surface area (TPSA) is 42.4 Å². The highest BCUT2D eigenvalue weighted by Crippen LogP contribution is 2.33. The molecule has 0 saturated heterocycles. The number of nitrogens with zero attached hydrogens (tertiary/aromatic N) is 1. The van der Waals surface area contributed by atoms with E-state index in [-0.39, 0.29) is 0 Å². The Kier molecular flexibility index (Phi) is 5.06. The molecule has 1 saturated carbocycles. The van der Waals surface area contributed by atoms with Gasteiger partial charge in [-0.05, 0) is 50.1 Å². The molecular weight excluding hydrogens is 236 g/mol. The average molecular weight is 264 g/mol. The first-order valence-electron chi connectivity index (χ1n) is 7.51. The predicted octanol–water partition coefficient (Wildman–Crippen LogP) is 3.11. The summed E-state index contributed by atoms with van der Waals surface area (Å²) in [7, 11) is 2.18. The molecule has 108 valence electrons. The molecule has 3 nitrogen and oxygen atoms in total. The van der Waals surface area contributed by atoms with Gasteiger partial charge in [0.2, 0.25) is 0 Å². The zero-order chi connectivity index (χ0) is 13.8. The van der Waals surface area contributed by atoms with Crippen LogP contribution in [0.25, 0.3) is 0 Å². The maximum atomic E-state index is 6.32. The summed E-state index contributed by atoms with van der Waals surface area (Å²) >= 11 is 0. The zero-order valence-electron chi connectivity index (χ0n) is 12.5. The third kappa shape index (κ3) is 4.08. The lowest BCUT2D eigenvalue weighted by Crippen LogP contribution is -2.42. The van der Waals surface area contributed by atoms with Crippen LogP contribution in [0.3, 0.4) is 0 Å². The van der Waals surface area contributed by atoms with E-state index in [9.17, 15) is 0 Å². The van der Waals surface area contributed by atoms with Crippen molar-refractivity contribution in [1.82, 2.24) is 4.90 Å². The fourth-order valence-electron chi connectivity index (χ4n) is 3.30. The van der Waals surface area contributed by atoms with E-state index < -0.39 is 0 Å². The molecule has 1 aromatic heterocycles. The molecule has 3 heteroatoms. The Morgan fingerprint density at radius 3 is 2.84 bits per heavy atom. The minimum Gasteiger partial charge on any atom is -0.472 e. The van der Waals surface area contributed by atoms with Gasteiger partial charge >= 0.3 is 0 Å². The number of hydrogen-bond donors (Lipinski definition) is 1. The fraction of sp³-hybridized carbons (Fsp3) is 0.750. The zero-order valence-corrected chi connectivity index (χ0v) is 12.5. The van der Waals surface area contributed by atoms with Crippen LogP contribution in [-0.4, -0.2) is 24.5 Å². The van der Waals surface area contributed by atoms with Crippen LogP contribution in [-0.2, 0) is 6.54 Å². The summed E-state index contributed by atoms with van der Waals surface area (Å²) < 4.78 is 5.12. The average Bonchev–Trinajstić information content (AvgIpc) is 2.84. The second kappa shape index (κ2) is 6.58. The molecule has 0 amide bonds. The van der Waals surface area contributed by atoms with Crippen LogP contribution >= 0.6 is 0 Å². The predicted molar refractivity (Wildman–Crippen MR) is 78.7 cm³/mol. The fourth-order valence-corrected chi connectivity index (χ4v) is 3.30. The van der Waals surface area contributed by atoms with Crippen LogP contribution in [0.5, 0.6) is 0 Å². The third-order valence-corrected chi connectivity index (χ3v) is 4.60. The van der Waals surface area contributed by atoms with Crippen molar-refractivity contribution in [3.05, 3.63) is 24.2 Å². The molecule has 0 radical (unpaired) electrons. The highest BCUT2D eigenvalue weighted by atomic mass is 16.3. The van der Waals surface area contributed by atoms with E-state index in [1.54, 1.807) is 6.26 Å². The Hall–Kier alpha value is -0.800. The van der Waals surface area contributed by atoms with Crippen molar-refractivity contribution in [2.24, 2.45) is 23.5 Å². The molecular formula is C16H28N2O. The second-order valence-corrected chi connectivity index (χ2v) is 6.57. The number of nitrogens with two attached hydrogens (primary N) is 1. The van der Waals surface area contributed by atoms with E-state index in [1.807, 2.05) is 12.3 Å². The van der Waals surface area contributed by atoms with Gasteiger partial charge in [0.25, 0.3) is 0 Å². The van der Waals surface area contributed by atoms with Crippen LogP contribution < -0.4 is 5.73 Å². The summed E-state index contributed by atoms with van der Waals surface area (Å²) in [4.78, 5) is 2.37. The Balaban J connectivity index is 1.85. The molecule has 2 rings (SSSR count). The first-order chi connectivity index (χ1) is 9.06. The first kappa shape index (κ1) is 14.6. The molecule has 1 aromatic rings. The van der Waals surface area contributed by atoms with Gasteiger partial charge in [-0.3, -0.25) is 0 Å². The molecule has 0 spiro atoms. The van der Waals surface area contributed by atoms with Gasteiger partial charge in [-0.15, -0.1) is 0 Å². The van der Waals surface area contributed by atoms with E-state index in [1.165, 1.54) is 24.8 Å².